The van der Waals surface area contributed by atoms with Gasteiger partial charge in [0.25, 0.3) is 0 Å². The van der Waals surface area contributed by atoms with Gasteiger partial charge in [-0.2, -0.15) is 0 Å². The zero-order valence-corrected chi connectivity index (χ0v) is 66.9. The predicted octanol–water partition coefficient (Wildman–Crippen LogP) is 23.7. The van der Waals surface area contributed by atoms with Gasteiger partial charge in [-0.05, 0) is 135 Å². The monoisotopic (exact) mass is 1500 g/mol. The molecule has 5 unspecified atom stereocenters. The Bertz CT molecular complexity index is 2490. The highest BCUT2D eigenvalue weighted by Crippen LogP contribution is 2.45. The quantitative estimate of drug-likeness (QED) is 0.0169. The van der Waals surface area contributed by atoms with Crippen molar-refractivity contribution in [2.75, 3.05) is 39.6 Å². The number of allylic oxidation sites excluding steroid dienone is 22. The van der Waals surface area contributed by atoms with Crippen molar-refractivity contribution in [1.82, 2.24) is 0 Å². The molecule has 0 radical (unpaired) electrons. The molecule has 0 heterocycles. The fourth-order valence-corrected chi connectivity index (χ4v) is 12.1. The molecule has 19 heteroatoms. The zero-order valence-electron chi connectivity index (χ0n) is 65.2. The first-order chi connectivity index (χ1) is 50.7. The number of carbonyl (C=O) groups is 4. The number of carbonyl (C=O) groups excluding carboxylic acids is 4. The molecule has 0 rings (SSSR count). The van der Waals surface area contributed by atoms with Crippen molar-refractivity contribution in [1.29, 1.82) is 0 Å². The van der Waals surface area contributed by atoms with Crippen molar-refractivity contribution in [3.63, 3.8) is 0 Å². The Labute approximate surface area is 631 Å². The van der Waals surface area contributed by atoms with Crippen LogP contribution in [0.5, 0.6) is 0 Å². The first-order valence-corrected chi connectivity index (χ1v) is 43.4. The zero-order chi connectivity index (χ0) is 76.0. The van der Waals surface area contributed by atoms with E-state index in [4.69, 9.17) is 37.0 Å². The van der Waals surface area contributed by atoms with Crippen LogP contribution in [0.3, 0.4) is 0 Å². The van der Waals surface area contributed by atoms with E-state index < -0.39 is 97.5 Å². The summed E-state index contributed by atoms with van der Waals surface area (Å²) in [6, 6.07) is 0. The maximum Gasteiger partial charge on any atom is 0.472 e. The SMILES string of the molecule is CC/C=C\C/C=C\C/C=C\C/C=C\CCCCCCC(=O)OCC(COP(=O)(O)OCC(O)COP(=O)(O)OCC(COC(=O)CCCCCCC/C=C\C/C=C\C/C=C\CC)OC(=O)CCCCCCCCCCCCCCCCC)OC(=O)CCCCCC/C=C\C/C=C\C/C=C\C/C=C\CC. The summed E-state index contributed by atoms with van der Waals surface area (Å²) in [4.78, 5) is 73.1. The van der Waals surface area contributed by atoms with Crippen LogP contribution in [-0.2, 0) is 65.4 Å². The third-order valence-electron chi connectivity index (χ3n) is 16.6. The number of esters is 4. The molecule has 0 spiro atoms. The molecule has 0 aliphatic heterocycles. The van der Waals surface area contributed by atoms with Gasteiger partial charge in [0.1, 0.15) is 19.3 Å². The minimum Gasteiger partial charge on any atom is -0.462 e. The lowest BCUT2D eigenvalue weighted by Gasteiger charge is -2.21. The van der Waals surface area contributed by atoms with Gasteiger partial charge in [0.2, 0.25) is 0 Å². The lowest BCUT2D eigenvalue weighted by Crippen LogP contribution is -2.30. The van der Waals surface area contributed by atoms with Crippen LogP contribution < -0.4 is 0 Å². The normalized spacial score (nSPS) is 14.6. The standard InChI is InChI=1S/C85H144O17P2/c1-5-9-13-17-21-25-29-33-37-39-43-46-50-54-58-62-66-70-83(88)96-76-81(102-85(90)72-68-64-60-56-52-48-44-40-38-34-30-26-22-18-14-10-6-2)78-100-104(93,94)98-74-79(86)73-97-103(91,92)99-77-80(101-84(89)71-67-63-59-55-51-47-42-36-32-28-24-20-16-12-8-4)75-95-82(87)69-65-61-57-53-49-45-41-35-31-27-23-19-15-11-7-3/h9-11,13-15,21-23,25-27,33-35,37-38,41,43-44,46,48,79-81,86H,5-8,12,16-20,24,28-32,36,39-40,42,45,47,49-78H2,1-4H3,(H,91,92)(H,93,94)/b13-9-,14-10-,15-11-,25-21-,26-22-,27-23-,37-33-,38-34-,41-35-,46-43-,48-44-. The summed E-state index contributed by atoms with van der Waals surface area (Å²) in [6.45, 7) is 4.49. The number of phosphoric ester groups is 2. The largest absolute Gasteiger partial charge is 0.472 e. The number of aliphatic hydroxyl groups is 1. The summed E-state index contributed by atoms with van der Waals surface area (Å²) in [5.74, 6) is -2.24. The first kappa shape index (κ1) is 99.2. The summed E-state index contributed by atoms with van der Waals surface area (Å²) >= 11 is 0. The minimum atomic E-state index is -4.99. The molecule has 0 saturated heterocycles. The Balaban J connectivity index is 5.42. The number of ether oxygens (including phenoxy) is 4. The summed E-state index contributed by atoms with van der Waals surface area (Å²) < 4.78 is 68.6. The van der Waals surface area contributed by atoms with Crippen LogP contribution >= 0.6 is 15.6 Å². The van der Waals surface area contributed by atoms with E-state index in [1.807, 2.05) is 0 Å². The molecule has 17 nitrogen and oxygen atoms in total. The van der Waals surface area contributed by atoms with Crippen LogP contribution in [-0.4, -0.2) is 96.7 Å². The van der Waals surface area contributed by atoms with Gasteiger partial charge in [-0.3, -0.25) is 37.3 Å². The number of aliphatic hydroxyl groups excluding tert-OH is 1. The molecule has 0 aliphatic rings. The number of phosphoric acid groups is 2. The van der Waals surface area contributed by atoms with Crippen molar-refractivity contribution < 1.29 is 80.2 Å². The molecule has 0 aromatic carbocycles. The molecule has 0 bridgehead atoms. The van der Waals surface area contributed by atoms with E-state index in [-0.39, 0.29) is 25.7 Å². The van der Waals surface area contributed by atoms with E-state index in [0.29, 0.717) is 25.7 Å². The molecule has 0 aromatic rings. The molecule has 596 valence electrons. The van der Waals surface area contributed by atoms with Gasteiger partial charge in [0, 0.05) is 25.7 Å². The smallest absolute Gasteiger partial charge is 0.462 e. The van der Waals surface area contributed by atoms with E-state index in [2.05, 4.69) is 161 Å². The van der Waals surface area contributed by atoms with Crippen LogP contribution in [0.25, 0.3) is 0 Å². The van der Waals surface area contributed by atoms with E-state index >= 15 is 0 Å². The third kappa shape index (κ3) is 75.4. The second-order valence-corrected chi connectivity index (χ2v) is 29.5. The van der Waals surface area contributed by atoms with Gasteiger partial charge < -0.3 is 33.8 Å². The van der Waals surface area contributed by atoms with Gasteiger partial charge in [-0.1, -0.05) is 296 Å². The van der Waals surface area contributed by atoms with Gasteiger partial charge in [-0.15, -0.1) is 0 Å². The van der Waals surface area contributed by atoms with Gasteiger partial charge in [0.05, 0.1) is 26.4 Å². The minimum absolute atomic E-state index is 0.0579. The molecular formula is C85H144O17P2. The lowest BCUT2D eigenvalue weighted by molar-refractivity contribution is -0.161. The van der Waals surface area contributed by atoms with Crippen molar-refractivity contribution in [3.05, 3.63) is 134 Å². The van der Waals surface area contributed by atoms with Gasteiger partial charge in [-0.25, -0.2) is 9.13 Å². The first-order valence-electron chi connectivity index (χ1n) is 40.4. The Morgan fingerprint density at radius 1 is 0.279 bits per heavy atom. The van der Waals surface area contributed by atoms with Crippen LogP contribution in [0.2, 0.25) is 0 Å². The Morgan fingerprint density at radius 3 is 0.769 bits per heavy atom. The maximum absolute atomic E-state index is 13.1. The van der Waals surface area contributed by atoms with Crippen LogP contribution in [0, 0.1) is 0 Å². The summed E-state index contributed by atoms with van der Waals surface area (Å²) in [7, 11) is -9.98. The van der Waals surface area contributed by atoms with E-state index in [1.54, 1.807) is 0 Å². The molecule has 0 aliphatic carbocycles. The van der Waals surface area contributed by atoms with Crippen LogP contribution in [0.1, 0.15) is 323 Å². The molecule has 0 amide bonds. The number of hydrogen-bond donors (Lipinski definition) is 3. The van der Waals surface area contributed by atoms with E-state index in [0.717, 1.165) is 180 Å². The predicted molar refractivity (Wildman–Crippen MR) is 427 cm³/mol. The third-order valence-corrected chi connectivity index (χ3v) is 18.5. The van der Waals surface area contributed by atoms with Crippen LogP contribution in [0.15, 0.2) is 134 Å². The van der Waals surface area contributed by atoms with Gasteiger partial charge in [0.15, 0.2) is 12.2 Å². The Morgan fingerprint density at radius 2 is 0.500 bits per heavy atom. The average molecular weight is 1500 g/mol. The molecule has 5 atom stereocenters. The molecule has 0 fully saturated rings. The van der Waals surface area contributed by atoms with E-state index in [9.17, 15) is 43.2 Å². The van der Waals surface area contributed by atoms with Crippen molar-refractivity contribution in [3.8, 4) is 0 Å². The lowest BCUT2D eigenvalue weighted by atomic mass is 10.0. The fourth-order valence-electron chi connectivity index (χ4n) is 10.6. The average Bonchev–Trinajstić information content (AvgIpc) is 0.926. The Kier molecular flexibility index (Phi) is 72.9. The second-order valence-electron chi connectivity index (χ2n) is 26.6. The van der Waals surface area contributed by atoms with Gasteiger partial charge >= 0.3 is 39.5 Å². The Hall–Kier alpha value is -4.80. The molecule has 0 aromatic heterocycles. The van der Waals surface area contributed by atoms with Crippen molar-refractivity contribution in [2.45, 2.75) is 341 Å². The number of rotatable bonds is 75. The highest BCUT2D eigenvalue weighted by molar-refractivity contribution is 7.47. The highest BCUT2D eigenvalue weighted by atomic mass is 31.2. The van der Waals surface area contributed by atoms with E-state index in [1.165, 1.54) is 64.2 Å². The molecule has 3 N–H and O–H groups in total. The topological polar surface area (TPSA) is 237 Å². The summed E-state index contributed by atoms with van der Waals surface area (Å²) in [6.07, 6.45) is 85.6. The highest BCUT2D eigenvalue weighted by Gasteiger charge is 2.30. The van der Waals surface area contributed by atoms with Crippen LogP contribution in [0.4, 0.5) is 0 Å². The number of hydrogen-bond acceptors (Lipinski definition) is 15. The number of unbranched alkanes of at least 4 members (excludes halogenated alkanes) is 27. The van der Waals surface area contributed by atoms with Crippen molar-refractivity contribution >= 4 is 39.5 Å². The fraction of sp³-hybridized carbons (Fsp3) is 0.694. The summed E-state index contributed by atoms with van der Waals surface area (Å²) in [5, 5.41) is 10.6. The molecular weight excluding hydrogens is 1350 g/mol. The molecule has 0 saturated carbocycles. The maximum atomic E-state index is 13.1. The second kappa shape index (κ2) is 76.4. The van der Waals surface area contributed by atoms with Crippen molar-refractivity contribution in [2.24, 2.45) is 0 Å². The summed E-state index contributed by atoms with van der Waals surface area (Å²) in [5.41, 5.74) is 0. The molecule has 104 heavy (non-hydrogen) atoms.